The molecular weight excluding hydrogens is 284 g/mol. The Morgan fingerprint density at radius 1 is 1.53 bits per heavy atom. The number of allylic oxidation sites excluding steroid dienone is 1. The van der Waals surface area contributed by atoms with Crippen LogP contribution in [0.25, 0.3) is 0 Å². The van der Waals surface area contributed by atoms with Gasteiger partial charge in [-0.3, -0.25) is 4.79 Å². The van der Waals surface area contributed by atoms with Gasteiger partial charge in [-0.05, 0) is 18.2 Å². The summed E-state index contributed by atoms with van der Waals surface area (Å²) in [5.74, 6) is -0.500. The number of nitriles is 1. The molecule has 0 atom stereocenters. The summed E-state index contributed by atoms with van der Waals surface area (Å²) in [5, 5.41) is 17.6. The monoisotopic (exact) mass is 294 g/mol. The van der Waals surface area contributed by atoms with Gasteiger partial charge in [0.15, 0.2) is 0 Å². The summed E-state index contributed by atoms with van der Waals surface area (Å²) in [6.07, 6.45) is 0.530. The van der Waals surface area contributed by atoms with Crippen molar-refractivity contribution in [3.63, 3.8) is 0 Å². The number of anilines is 1. The van der Waals surface area contributed by atoms with Gasteiger partial charge in [-0.15, -0.1) is 0 Å². The Labute approximate surface area is 108 Å². The predicted molar refractivity (Wildman–Crippen MR) is 69.1 cm³/mol. The first-order chi connectivity index (χ1) is 8.01. The molecule has 0 saturated carbocycles. The lowest BCUT2D eigenvalue weighted by molar-refractivity contribution is 0.103. The number of Topliss-reactive ketones (excluding diaryl/α,β-unsaturated/α-hetero) is 1. The van der Waals surface area contributed by atoms with Gasteiger partial charge >= 0.3 is 0 Å². The van der Waals surface area contributed by atoms with Crippen molar-refractivity contribution in [2.75, 3.05) is 19.0 Å². The zero-order valence-corrected chi connectivity index (χ0v) is 11.0. The van der Waals surface area contributed by atoms with E-state index in [1.807, 2.05) is 0 Å². The topological polar surface area (TPSA) is 64.3 Å². The minimum absolute atomic E-state index is 0.286. The molecule has 5 heteroatoms. The van der Waals surface area contributed by atoms with Gasteiger partial charge < -0.3 is 10.0 Å². The van der Waals surface area contributed by atoms with Gasteiger partial charge in [-0.1, -0.05) is 15.9 Å². The molecular formula is C12H11BrN2O2. The van der Waals surface area contributed by atoms with E-state index in [9.17, 15) is 4.79 Å². The maximum Gasteiger partial charge on any atom is 0.208 e. The largest absolute Gasteiger partial charge is 0.514 e. The number of halogens is 1. The number of carbonyl (C=O) groups excluding carboxylic acids is 1. The van der Waals surface area contributed by atoms with Gasteiger partial charge in [0, 0.05) is 29.8 Å². The van der Waals surface area contributed by atoms with Crippen LogP contribution in [0.2, 0.25) is 0 Å². The number of rotatable bonds is 3. The van der Waals surface area contributed by atoms with E-state index in [1.54, 1.807) is 43.3 Å². The fourth-order valence-corrected chi connectivity index (χ4v) is 1.72. The molecule has 0 aliphatic rings. The smallest absolute Gasteiger partial charge is 0.208 e. The molecule has 88 valence electrons. The highest BCUT2D eigenvalue weighted by molar-refractivity contribution is 9.10. The molecule has 1 aromatic rings. The third-order valence-corrected chi connectivity index (χ3v) is 2.67. The second kappa shape index (κ2) is 5.51. The SMILES string of the molecule is CN(C)c1ccc(Br)cc1C(=O)C(C#N)=CO. The van der Waals surface area contributed by atoms with Crippen molar-refractivity contribution in [1.29, 1.82) is 5.26 Å². The first-order valence-corrected chi connectivity index (χ1v) is 5.56. The highest BCUT2D eigenvalue weighted by Gasteiger charge is 2.17. The lowest BCUT2D eigenvalue weighted by Crippen LogP contribution is -2.14. The zero-order valence-electron chi connectivity index (χ0n) is 9.44. The average molecular weight is 295 g/mol. The second-order valence-electron chi connectivity index (χ2n) is 3.54. The van der Waals surface area contributed by atoms with Gasteiger partial charge in [-0.2, -0.15) is 5.26 Å². The molecule has 0 aromatic heterocycles. The number of aliphatic hydroxyl groups excluding tert-OH is 1. The van der Waals surface area contributed by atoms with E-state index in [4.69, 9.17) is 10.4 Å². The minimum Gasteiger partial charge on any atom is -0.514 e. The van der Waals surface area contributed by atoms with Gasteiger partial charge in [0.1, 0.15) is 17.9 Å². The lowest BCUT2D eigenvalue weighted by Gasteiger charge is -2.16. The Balaban J connectivity index is 3.35. The van der Waals surface area contributed by atoms with Crippen LogP contribution in [0, 0.1) is 11.3 Å². The zero-order chi connectivity index (χ0) is 13.0. The second-order valence-corrected chi connectivity index (χ2v) is 4.46. The molecule has 0 unspecified atom stereocenters. The minimum atomic E-state index is -0.500. The van der Waals surface area contributed by atoms with Crippen LogP contribution in [0.5, 0.6) is 0 Å². The van der Waals surface area contributed by atoms with Crippen LogP contribution in [0.3, 0.4) is 0 Å². The molecule has 0 spiro atoms. The molecule has 0 aliphatic carbocycles. The number of ketones is 1. The van der Waals surface area contributed by atoms with Crippen molar-refractivity contribution >= 4 is 27.4 Å². The molecule has 0 amide bonds. The summed E-state index contributed by atoms with van der Waals surface area (Å²) < 4.78 is 0.738. The van der Waals surface area contributed by atoms with Crippen molar-refractivity contribution in [3.05, 3.63) is 40.1 Å². The Morgan fingerprint density at radius 2 is 2.18 bits per heavy atom. The maximum absolute atomic E-state index is 12.0. The first-order valence-electron chi connectivity index (χ1n) is 4.77. The highest BCUT2D eigenvalue weighted by Crippen LogP contribution is 2.25. The van der Waals surface area contributed by atoms with Crippen molar-refractivity contribution < 1.29 is 9.90 Å². The quantitative estimate of drug-likeness (QED) is 0.403. The van der Waals surface area contributed by atoms with E-state index in [0.717, 1.165) is 4.47 Å². The van der Waals surface area contributed by atoms with Crippen LogP contribution in [-0.4, -0.2) is 25.0 Å². The normalized spacial score (nSPS) is 10.8. The van der Waals surface area contributed by atoms with Gasteiger partial charge in [0.05, 0.1) is 0 Å². The summed E-state index contributed by atoms with van der Waals surface area (Å²) in [5.41, 5.74) is 0.769. The fourth-order valence-electron chi connectivity index (χ4n) is 1.36. The van der Waals surface area contributed by atoms with E-state index >= 15 is 0 Å². The Bertz CT molecular complexity index is 516. The molecule has 0 aliphatic heterocycles. The van der Waals surface area contributed by atoms with Gasteiger partial charge in [0.25, 0.3) is 0 Å². The number of carbonyl (C=O) groups is 1. The first kappa shape index (κ1) is 13.3. The highest BCUT2D eigenvalue weighted by atomic mass is 79.9. The standard InChI is InChI=1S/C12H11BrN2O2/c1-15(2)11-4-3-9(13)5-10(11)12(17)8(6-14)7-16/h3-5,7,16H,1-2H3. The molecule has 17 heavy (non-hydrogen) atoms. The maximum atomic E-state index is 12.0. The summed E-state index contributed by atoms with van der Waals surface area (Å²) in [6.45, 7) is 0. The van der Waals surface area contributed by atoms with E-state index in [1.165, 1.54) is 0 Å². The molecule has 1 rings (SSSR count). The molecule has 1 N–H and O–H groups in total. The number of aliphatic hydroxyl groups is 1. The van der Waals surface area contributed by atoms with Crippen molar-refractivity contribution in [2.45, 2.75) is 0 Å². The van der Waals surface area contributed by atoms with Crippen LogP contribution in [-0.2, 0) is 0 Å². The molecule has 0 saturated heterocycles. The molecule has 4 nitrogen and oxygen atoms in total. The van der Waals surface area contributed by atoms with E-state index < -0.39 is 5.78 Å². The van der Waals surface area contributed by atoms with Crippen LogP contribution in [0.1, 0.15) is 10.4 Å². The third kappa shape index (κ3) is 2.86. The lowest BCUT2D eigenvalue weighted by atomic mass is 10.0. The average Bonchev–Trinajstić information content (AvgIpc) is 2.29. The van der Waals surface area contributed by atoms with E-state index in [-0.39, 0.29) is 5.57 Å². The molecule has 1 aromatic carbocycles. The predicted octanol–water partition coefficient (Wildman–Crippen LogP) is 2.66. The number of hydrogen-bond donors (Lipinski definition) is 1. The summed E-state index contributed by atoms with van der Waals surface area (Å²) >= 11 is 3.27. The number of hydrogen-bond acceptors (Lipinski definition) is 4. The number of nitrogens with zero attached hydrogens (tertiary/aromatic N) is 2. The van der Waals surface area contributed by atoms with Gasteiger partial charge in [0.2, 0.25) is 5.78 Å². The Hall–Kier alpha value is -1.80. The fraction of sp³-hybridized carbons (Fsp3) is 0.167. The van der Waals surface area contributed by atoms with E-state index in [0.29, 0.717) is 17.5 Å². The molecule has 0 fully saturated rings. The van der Waals surface area contributed by atoms with E-state index in [2.05, 4.69) is 15.9 Å². The Kier molecular flexibility index (Phi) is 4.30. The van der Waals surface area contributed by atoms with Crippen LogP contribution < -0.4 is 4.90 Å². The van der Waals surface area contributed by atoms with Crippen molar-refractivity contribution in [2.24, 2.45) is 0 Å². The molecule has 0 bridgehead atoms. The third-order valence-electron chi connectivity index (χ3n) is 2.18. The van der Waals surface area contributed by atoms with Crippen molar-refractivity contribution in [1.82, 2.24) is 0 Å². The van der Waals surface area contributed by atoms with Crippen LogP contribution in [0.15, 0.2) is 34.5 Å². The van der Waals surface area contributed by atoms with Gasteiger partial charge in [-0.25, -0.2) is 0 Å². The van der Waals surface area contributed by atoms with Crippen molar-refractivity contribution in [3.8, 4) is 6.07 Å². The summed E-state index contributed by atoms with van der Waals surface area (Å²) in [6, 6.07) is 6.86. The molecule has 0 heterocycles. The summed E-state index contributed by atoms with van der Waals surface area (Å²) in [7, 11) is 3.60. The Morgan fingerprint density at radius 3 is 2.65 bits per heavy atom. The number of benzene rings is 1. The van der Waals surface area contributed by atoms with Crippen LogP contribution in [0.4, 0.5) is 5.69 Å². The van der Waals surface area contributed by atoms with Crippen LogP contribution >= 0.6 is 15.9 Å². The summed E-state index contributed by atoms with van der Waals surface area (Å²) in [4.78, 5) is 13.8. The molecule has 0 radical (unpaired) electrons.